The minimum Gasteiger partial charge on any atom is -0.502 e. The number of fused-ring (bicyclic) bond motifs is 4. The largest absolute Gasteiger partial charge is 0.502 e. The van der Waals surface area contributed by atoms with E-state index < -0.39 is 58.1 Å². The number of carbonyl (C=O) groups is 2. The molecule has 8 nitrogen and oxygen atoms in total. The first-order valence-corrected chi connectivity index (χ1v) is 10.2. The smallest absolute Gasteiger partial charge is 0.278 e. The van der Waals surface area contributed by atoms with Gasteiger partial charge in [0.05, 0.1) is 0 Å². The number of aromatic nitrogens is 1. The summed E-state index contributed by atoms with van der Waals surface area (Å²) in [6, 6.07) is 0.517. The van der Waals surface area contributed by atoms with E-state index in [-0.39, 0.29) is 24.4 Å². The van der Waals surface area contributed by atoms with Crippen molar-refractivity contribution in [2.24, 2.45) is 0 Å². The Morgan fingerprint density at radius 1 is 1.18 bits per heavy atom. The third kappa shape index (κ3) is 3.83. The molecule has 0 saturated heterocycles. The summed E-state index contributed by atoms with van der Waals surface area (Å²) in [6.45, 7) is 3.19. The van der Waals surface area contributed by atoms with Gasteiger partial charge >= 0.3 is 0 Å². The van der Waals surface area contributed by atoms with Gasteiger partial charge in [-0.05, 0) is 20.3 Å². The predicted molar refractivity (Wildman–Crippen MR) is 112 cm³/mol. The van der Waals surface area contributed by atoms with Gasteiger partial charge in [-0.3, -0.25) is 24.1 Å². The lowest BCUT2D eigenvalue weighted by Gasteiger charge is -2.45. The highest BCUT2D eigenvalue weighted by Gasteiger charge is 2.38. The summed E-state index contributed by atoms with van der Waals surface area (Å²) in [4.78, 5) is 39.9. The van der Waals surface area contributed by atoms with Crippen LogP contribution in [0.25, 0.3) is 0 Å². The van der Waals surface area contributed by atoms with E-state index in [1.165, 1.54) is 9.58 Å². The lowest BCUT2D eigenvalue weighted by atomic mass is 10.1. The Balaban J connectivity index is 1.71. The van der Waals surface area contributed by atoms with Gasteiger partial charge in [-0.25, -0.2) is 13.2 Å². The molecule has 2 aliphatic heterocycles. The van der Waals surface area contributed by atoms with Crippen molar-refractivity contribution < 1.29 is 27.9 Å². The lowest BCUT2D eigenvalue weighted by molar-refractivity contribution is 0.0634. The van der Waals surface area contributed by atoms with Gasteiger partial charge in [-0.1, -0.05) is 12.2 Å². The third-order valence-electron chi connectivity index (χ3n) is 5.87. The molecule has 33 heavy (non-hydrogen) atoms. The number of hydrogen-bond donors (Lipinski definition) is 2. The van der Waals surface area contributed by atoms with E-state index in [0.717, 1.165) is 6.20 Å². The average Bonchev–Trinajstić information content (AvgIpc) is 2.74. The number of amides is 2. The van der Waals surface area contributed by atoms with Crippen molar-refractivity contribution in [3.05, 3.63) is 75.0 Å². The fourth-order valence-corrected chi connectivity index (χ4v) is 3.95. The van der Waals surface area contributed by atoms with Crippen LogP contribution in [0.2, 0.25) is 0 Å². The molecule has 2 aromatic rings. The van der Waals surface area contributed by atoms with Crippen LogP contribution in [0, 0.1) is 17.5 Å². The summed E-state index contributed by atoms with van der Waals surface area (Å²) in [5, 5.41) is 14.5. The van der Waals surface area contributed by atoms with E-state index in [1.54, 1.807) is 5.01 Å². The molecule has 2 atom stereocenters. The maximum Gasteiger partial charge on any atom is 0.278 e. The van der Waals surface area contributed by atoms with Crippen molar-refractivity contribution in [2.45, 2.75) is 38.9 Å². The maximum absolute atomic E-state index is 13.9. The number of aromatic hydroxyl groups is 1. The number of pyridine rings is 1. The normalized spacial score (nSPS) is 19.7. The summed E-state index contributed by atoms with van der Waals surface area (Å²) in [5.41, 5.74) is -2.47. The Morgan fingerprint density at radius 3 is 2.52 bits per heavy atom. The van der Waals surface area contributed by atoms with E-state index in [2.05, 4.69) is 5.32 Å². The van der Waals surface area contributed by atoms with Crippen LogP contribution in [0.5, 0.6) is 5.75 Å². The molecule has 3 heterocycles. The highest BCUT2D eigenvalue weighted by atomic mass is 19.1. The van der Waals surface area contributed by atoms with Crippen LogP contribution in [-0.4, -0.2) is 45.2 Å². The van der Waals surface area contributed by atoms with Gasteiger partial charge in [-0.15, -0.1) is 0 Å². The van der Waals surface area contributed by atoms with E-state index in [4.69, 9.17) is 0 Å². The summed E-state index contributed by atoms with van der Waals surface area (Å²) in [6.07, 6.45) is 5.54. The first kappa shape index (κ1) is 22.4. The number of halogens is 3. The fraction of sp³-hybridized carbons (Fsp3) is 0.318. The van der Waals surface area contributed by atoms with Crippen LogP contribution < -0.4 is 15.8 Å². The van der Waals surface area contributed by atoms with Crippen LogP contribution in [0.15, 0.2) is 35.3 Å². The van der Waals surface area contributed by atoms with Crippen molar-refractivity contribution >= 4 is 11.8 Å². The molecule has 174 valence electrons. The topological polar surface area (TPSA) is 94.9 Å². The first-order chi connectivity index (χ1) is 15.6. The highest BCUT2D eigenvalue weighted by molar-refractivity contribution is 5.99. The molecule has 0 unspecified atom stereocenters. The summed E-state index contributed by atoms with van der Waals surface area (Å²) >= 11 is 0. The van der Waals surface area contributed by atoms with Crippen molar-refractivity contribution in [3.8, 4) is 5.75 Å². The molecular weight excluding hydrogens is 441 g/mol. The Kier molecular flexibility index (Phi) is 5.64. The number of nitrogens with one attached hydrogen (secondary N) is 1. The summed E-state index contributed by atoms with van der Waals surface area (Å²) in [7, 11) is 0. The predicted octanol–water partition coefficient (Wildman–Crippen LogP) is 1.99. The fourth-order valence-electron chi connectivity index (χ4n) is 3.95. The van der Waals surface area contributed by atoms with Crippen LogP contribution in [-0.2, 0) is 6.54 Å². The third-order valence-corrected chi connectivity index (χ3v) is 5.87. The molecule has 0 radical (unpaired) electrons. The van der Waals surface area contributed by atoms with Crippen molar-refractivity contribution in [1.29, 1.82) is 0 Å². The van der Waals surface area contributed by atoms with Gasteiger partial charge in [0.25, 0.3) is 11.8 Å². The average molecular weight is 462 g/mol. The standard InChI is InChI=1S/C22H21F3N4O4/c1-11-4-3-5-12(2)29-10-27(11)22(33)18-20(31)19(30)15(9-28(18)29)21(32)26-8-14-16(24)6-13(23)7-17(14)25/h3-4,6-7,9,11-12,31H,5,8,10H2,1-2H3,(H,26,32)/t11-,12-/m1/s1. The Hall–Kier alpha value is -3.76. The van der Waals surface area contributed by atoms with Gasteiger partial charge in [0, 0.05) is 42.5 Å². The highest BCUT2D eigenvalue weighted by Crippen LogP contribution is 2.26. The molecule has 1 aromatic carbocycles. The number of rotatable bonds is 3. The molecule has 0 spiro atoms. The summed E-state index contributed by atoms with van der Waals surface area (Å²) < 4.78 is 42.1. The first-order valence-electron chi connectivity index (χ1n) is 10.2. The lowest BCUT2D eigenvalue weighted by Crippen LogP contribution is -2.59. The van der Waals surface area contributed by atoms with Crippen LogP contribution in [0.4, 0.5) is 13.2 Å². The van der Waals surface area contributed by atoms with Gasteiger partial charge in [0.15, 0.2) is 11.4 Å². The molecule has 0 fully saturated rings. The molecule has 4 rings (SSSR count). The molecule has 1 aromatic heterocycles. The number of hydrogen-bond acceptors (Lipinski definition) is 5. The molecular formula is C22H21F3N4O4. The van der Waals surface area contributed by atoms with E-state index in [1.807, 2.05) is 26.0 Å². The van der Waals surface area contributed by atoms with E-state index in [9.17, 15) is 32.7 Å². The zero-order valence-electron chi connectivity index (χ0n) is 17.8. The Labute approximate surface area is 186 Å². The second-order valence-electron chi connectivity index (χ2n) is 8.05. The van der Waals surface area contributed by atoms with Gasteiger partial charge in [0.2, 0.25) is 5.43 Å². The van der Waals surface area contributed by atoms with Gasteiger partial charge in [-0.2, -0.15) is 0 Å². The van der Waals surface area contributed by atoms with Crippen LogP contribution in [0.1, 0.15) is 46.7 Å². The molecule has 0 saturated carbocycles. The molecule has 2 N–H and O–H groups in total. The SMILES string of the molecule is C[C@@H]1C=CC[C@@H](C)N2CN1C(=O)c1c(O)c(=O)c(C(=O)NCc3c(F)cc(F)cc3F)cn12. The van der Waals surface area contributed by atoms with Crippen molar-refractivity contribution in [2.75, 3.05) is 11.7 Å². The number of nitrogens with zero attached hydrogens (tertiary/aromatic N) is 3. The second-order valence-corrected chi connectivity index (χ2v) is 8.05. The minimum absolute atomic E-state index is 0.150. The van der Waals surface area contributed by atoms with E-state index >= 15 is 0 Å². The van der Waals surface area contributed by atoms with Gasteiger partial charge < -0.3 is 15.3 Å². The summed E-state index contributed by atoms with van der Waals surface area (Å²) in [5.74, 6) is -5.99. The zero-order valence-corrected chi connectivity index (χ0v) is 17.8. The molecule has 2 bridgehead atoms. The van der Waals surface area contributed by atoms with Crippen molar-refractivity contribution in [1.82, 2.24) is 14.9 Å². The minimum atomic E-state index is -1.19. The van der Waals surface area contributed by atoms with Gasteiger partial charge in [0.1, 0.15) is 29.7 Å². The monoisotopic (exact) mass is 462 g/mol. The quantitative estimate of drug-likeness (QED) is 0.681. The Bertz CT molecular complexity index is 1220. The maximum atomic E-state index is 13.9. The van der Waals surface area contributed by atoms with Crippen molar-refractivity contribution in [3.63, 3.8) is 0 Å². The molecule has 0 aliphatic carbocycles. The molecule has 2 amide bonds. The van der Waals surface area contributed by atoms with Crippen LogP contribution in [0.3, 0.4) is 0 Å². The molecule has 2 aliphatic rings. The number of benzene rings is 1. The van der Waals surface area contributed by atoms with E-state index in [0.29, 0.717) is 18.6 Å². The number of carbonyl (C=O) groups excluding carboxylic acids is 2. The van der Waals surface area contributed by atoms with Crippen LogP contribution >= 0.6 is 0 Å². The Morgan fingerprint density at radius 2 is 1.85 bits per heavy atom. The zero-order chi connectivity index (χ0) is 24.0. The molecule has 11 heteroatoms. The second kappa shape index (κ2) is 8.30.